The molecule has 0 bridgehead atoms. The molecule has 19 heavy (non-hydrogen) atoms. The number of carboxylic acids is 1. The smallest absolute Gasteiger partial charge is 0.337 e. The van der Waals surface area contributed by atoms with E-state index >= 15 is 0 Å². The molecule has 0 aliphatic carbocycles. The summed E-state index contributed by atoms with van der Waals surface area (Å²) in [6.45, 7) is 5.21. The van der Waals surface area contributed by atoms with Gasteiger partial charge in [0.15, 0.2) is 0 Å². The van der Waals surface area contributed by atoms with Crippen LogP contribution in [0.5, 0.6) is 0 Å². The first kappa shape index (κ1) is 13.9. The monoisotopic (exact) mass is 262 g/mol. The van der Waals surface area contributed by atoms with Crippen LogP contribution in [-0.4, -0.2) is 41.7 Å². The molecule has 0 spiro atoms. The normalized spacial score (nSPS) is 24.2. The van der Waals surface area contributed by atoms with E-state index in [-0.39, 0.29) is 0 Å². The molecule has 1 aromatic rings. The van der Waals surface area contributed by atoms with Crippen molar-refractivity contribution in [1.29, 1.82) is 0 Å². The summed E-state index contributed by atoms with van der Waals surface area (Å²) < 4.78 is 0. The maximum absolute atomic E-state index is 11.3. The Morgan fingerprint density at radius 2 is 2.21 bits per heavy atom. The molecule has 0 amide bonds. The van der Waals surface area contributed by atoms with E-state index in [2.05, 4.69) is 24.2 Å². The Bertz CT molecular complexity index is 473. The number of hydrogen-bond donors (Lipinski definition) is 2. The van der Waals surface area contributed by atoms with Crippen molar-refractivity contribution in [3.8, 4) is 0 Å². The highest BCUT2D eigenvalue weighted by Gasteiger charge is 2.24. The molecule has 1 aromatic carbocycles. The lowest BCUT2D eigenvalue weighted by Crippen LogP contribution is -2.42. The number of piperidine rings is 1. The molecule has 104 valence electrons. The van der Waals surface area contributed by atoms with Crippen molar-refractivity contribution in [2.45, 2.75) is 38.8 Å². The average molecular weight is 262 g/mol. The van der Waals surface area contributed by atoms with E-state index in [1.54, 1.807) is 12.1 Å². The average Bonchev–Trinajstić information content (AvgIpc) is 2.36. The SMILES string of the molecule is Cc1cccc(C(=O)O)c1NC1CCN(C)C(C)C1. The lowest BCUT2D eigenvalue weighted by Gasteiger charge is -2.36. The molecule has 2 atom stereocenters. The van der Waals surface area contributed by atoms with Gasteiger partial charge in [-0.25, -0.2) is 4.79 Å². The van der Waals surface area contributed by atoms with Crippen molar-refractivity contribution in [2.75, 3.05) is 18.9 Å². The quantitative estimate of drug-likeness (QED) is 0.879. The molecular weight excluding hydrogens is 240 g/mol. The van der Waals surface area contributed by atoms with Gasteiger partial charge in [0.1, 0.15) is 0 Å². The molecule has 1 heterocycles. The molecule has 2 rings (SSSR count). The molecule has 1 fully saturated rings. The van der Waals surface area contributed by atoms with Crippen LogP contribution in [0.2, 0.25) is 0 Å². The molecule has 2 N–H and O–H groups in total. The summed E-state index contributed by atoms with van der Waals surface area (Å²) in [7, 11) is 2.14. The van der Waals surface area contributed by atoms with Gasteiger partial charge >= 0.3 is 5.97 Å². The second-order valence-electron chi connectivity index (χ2n) is 5.50. The predicted molar refractivity (Wildman–Crippen MR) is 76.9 cm³/mol. The van der Waals surface area contributed by atoms with Crippen LogP contribution in [0, 0.1) is 6.92 Å². The first-order valence-corrected chi connectivity index (χ1v) is 6.78. The van der Waals surface area contributed by atoms with Crippen LogP contribution in [0.4, 0.5) is 5.69 Å². The van der Waals surface area contributed by atoms with E-state index in [1.165, 1.54) is 0 Å². The number of aryl methyl sites for hydroxylation is 1. The zero-order chi connectivity index (χ0) is 14.0. The van der Waals surface area contributed by atoms with Gasteiger partial charge in [0, 0.05) is 18.6 Å². The van der Waals surface area contributed by atoms with Gasteiger partial charge in [-0.1, -0.05) is 12.1 Å². The molecular formula is C15H22N2O2. The van der Waals surface area contributed by atoms with Gasteiger partial charge in [-0.05, 0) is 45.4 Å². The van der Waals surface area contributed by atoms with E-state index < -0.39 is 5.97 Å². The van der Waals surface area contributed by atoms with Crippen molar-refractivity contribution >= 4 is 11.7 Å². The van der Waals surface area contributed by atoms with Crippen LogP contribution >= 0.6 is 0 Å². The summed E-state index contributed by atoms with van der Waals surface area (Å²) in [4.78, 5) is 13.6. The molecule has 1 saturated heterocycles. The van der Waals surface area contributed by atoms with Crippen molar-refractivity contribution in [3.63, 3.8) is 0 Å². The lowest BCUT2D eigenvalue weighted by molar-refractivity contribution is 0.0697. The largest absolute Gasteiger partial charge is 0.478 e. The molecule has 0 radical (unpaired) electrons. The number of anilines is 1. The topological polar surface area (TPSA) is 52.6 Å². The standard InChI is InChI=1S/C15H22N2O2/c1-10-5-4-6-13(15(18)19)14(10)16-12-7-8-17(3)11(2)9-12/h4-6,11-12,16H,7-9H2,1-3H3,(H,18,19). The Balaban J connectivity index is 2.17. The molecule has 4 heteroatoms. The van der Waals surface area contributed by atoms with Crippen LogP contribution in [-0.2, 0) is 0 Å². The van der Waals surface area contributed by atoms with Crippen LogP contribution in [0.1, 0.15) is 35.7 Å². The first-order valence-electron chi connectivity index (χ1n) is 6.78. The van der Waals surface area contributed by atoms with E-state index in [0.29, 0.717) is 17.6 Å². The Kier molecular flexibility index (Phi) is 4.10. The fourth-order valence-electron chi connectivity index (χ4n) is 2.66. The third-order valence-corrected chi connectivity index (χ3v) is 4.06. The van der Waals surface area contributed by atoms with Gasteiger partial charge in [0.25, 0.3) is 0 Å². The van der Waals surface area contributed by atoms with Crippen LogP contribution in [0.25, 0.3) is 0 Å². The molecule has 1 aliphatic rings. The van der Waals surface area contributed by atoms with E-state index in [9.17, 15) is 9.90 Å². The lowest BCUT2D eigenvalue weighted by atomic mass is 9.97. The summed E-state index contributed by atoms with van der Waals surface area (Å²) in [5, 5.41) is 12.7. The summed E-state index contributed by atoms with van der Waals surface area (Å²) in [6.07, 6.45) is 2.10. The second kappa shape index (κ2) is 5.61. The van der Waals surface area contributed by atoms with E-state index in [1.807, 2.05) is 13.0 Å². The van der Waals surface area contributed by atoms with Gasteiger partial charge < -0.3 is 15.3 Å². The van der Waals surface area contributed by atoms with Crippen LogP contribution in [0.15, 0.2) is 18.2 Å². The number of carbonyl (C=O) groups is 1. The first-order chi connectivity index (χ1) is 8.99. The van der Waals surface area contributed by atoms with Crippen molar-refractivity contribution < 1.29 is 9.90 Å². The minimum atomic E-state index is -0.868. The van der Waals surface area contributed by atoms with Crippen molar-refractivity contribution in [1.82, 2.24) is 4.90 Å². The number of rotatable bonds is 3. The maximum Gasteiger partial charge on any atom is 0.337 e. The highest BCUT2D eigenvalue weighted by atomic mass is 16.4. The van der Waals surface area contributed by atoms with Gasteiger partial charge in [-0.2, -0.15) is 0 Å². The number of para-hydroxylation sites is 1. The number of nitrogens with one attached hydrogen (secondary N) is 1. The summed E-state index contributed by atoms with van der Waals surface area (Å²) in [5.41, 5.74) is 2.13. The van der Waals surface area contributed by atoms with Crippen LogP contribution < -0.4 is 5.32 Å². The van der Waals surface area contributed by atoms with Crippen molar-refractivity contribution in [2.24, 2.45) is 0 Å². The summed E-state index contributed by atoms with van der Waals surface area (Å²) in [5.74, 6) is -0.868. The zero-order valence-electron chi connectivity index (χ0n) is 11.8. The minimum absolute atomic E-state index is 0.352. The molecule has 0 saturated carbocycles. The molecule has 1 aliphatic heterocycles. The number of likely N-dealkylation sites (tertiary alicyclic amines) is 1. The number of benzene rings is 1. The Labute approximate surface area is 114 Å². The number of nitrogens with zero attached hydrogens (tertiary/aromatic N) is 1. The van der Waals surface area contributed by atoms with E-state index in [0.717, 1.165) is 30.6 Å². The highest BCUT2D eigenvalue weighted by Crippen LogP contribution is 2.25. The summed E-state index contributed by atoms with van der Waals surface area (Å²) in [6, 6.07) is 6.29. The number of carboxylic acid groups (broad SMARTS) is 1. The minimum Gasteiger partial charge on any atom is -0.478 e. The molecule has 2 unspecified atom stereocenters. The van der Waals surface area contributed by atoms with Gasteiger partial charge in [-0.15, -0.1) is 0 Å². The van der Waals surface area contributed by atoms with Gasteiger partial charge in [0.2, 0.25) is 0 Å². The van der Waals surface area contributed by atoms with Gasteiger partial charge in [0.05, 0.1) is 11.3 Å². The number of aromatic carboxylic acids is 1. The fraction of sp³-hybridized carbons (Fsp3) is 0.533. The Morgan fingerprint density at radius 1 is 1.47 bits per heavy atom. The maximum atomic E-state index is 11.3. The predicted octanol–water partition coefficient (Wildman–Crippen LogP) is 2.59. The number of hydrogen-bond acceptors (Lipinski definition) is 3. The molecule has 4 nitrogen and oxygen atoms in total. The second-order valence-corrected chi connectivity index (χ2v) is 5.50. The van der Waals surface area contributed by atoms with Gasteiger partial charge in [-0.3, -0.25) is 0 Å². The van der Waals surface area contributed by atoms with E-state index in [4.69, 9.17) is 0 Å². The highest BCUT2D eigenvalue weighted by molar-refractivity contribution is 5.95. The fourth-order valence-corrected chi connectivity index (χ4v) is 2.66. The Hall–Kier alpha value is -1.55. The van der Waals surface area contributed by atoms with Crippen molar-refractivity contribution in [3.05, 3.63) is 29.3 Å². The van der Waals surface area contributed by atoms with Crippen LogP contribution in [0.3, 0.4) is 0 Å². The Morgan fingerprint density at radius 3 is 2.84 bits per heavy atom. The third kappa shape index (κ3) is 3.07. The zero-order valence-corrected chi connectivity index (χ0v) is 11.8. The molecule has 0 aromatic heterocycles. The summed E-state index contributed by atoms with van der Waals surface area (Å²) >= 11 is 0. The third-order valence-electron chi connectivity index (χ3n) is 4.06.